The Morgan fingerprint density at radius 2 is 1.85 bits per heavy atom. The highest BCUT2D eigenvalue weighted by molar-refractivity contribution is 5.95. The molecule has 3 amide bonds. The molecule has 0 saturated heterocycles. The zero-order valence-electron chi connectivity index (χ0n) is 19.0. The molecular formula is C25H32FN3O4. The number of hydrogen-bond acceptors (Lipinski definition) is 4. The number of unbranched alkanes of at least 4 members (excludes halogenated alkanes) is 1. The fourth-order valence-electron chi connectivity index (χ4n) is 4.12. The molecule has 8 heteroatoms. The van der Waals surface area contributed by atoms with E-state index >= 15 is 0 Å². The number of amides is 3. The van der Waals surface area contributed by atoms with Gasteiger partial charge < -0.3 is 20.0 Å². The van der Waals surface area contributed by atoms with Crippen LogP contribution in [0.2, 0.25) is 0 Å². The number of rotatable bonds is 10. The van der Waals surface area contributed by atoms with E-state index in [1.165, 1.54) is 41.5 Å². The van der Waals surface area contributed by atoms with Gasteiger partial charge in [0, 0.05) is 12.6 Å². The molecule has 1 heterocycles. The van der Waals surface area contributed by atoms with Crippen LogP contribution in [0.1, 0.15) is 74.0 Å². The summed E-state index contributed by atoms with van der Waals surface area (Å²) in [6.45, 7) is 2.06. The summed E-state index contributed by atoms with van der Waals surface area (Å²) in [6.07, 6.45) is 7.98. The molecule has 1 saturated carbocycles. The van der Waals surface area contributed by atoms with Gasteiger partial charge in [0.2, 0.25) is 11.8 Å². The Hall–Kier alpha value is -3.16. The number of hydrogen-bond donors (Lipinski definition) is 2. The first-order valence-corrected chi connectivity index (χ1v) is 11.7. The van der Waals surface area contributed by atoms with E-state index in [0.29, 0.717) is 18.5 Å². The third kappa shape index (κ3) is 6.91. The van der Waals surface area contributed by atoms with Gasteiger partial charge in [-0.15, -0.1) is 0 Å². The van der Waals surface area contributed by atoms with Crippen LogP contribution in [-0.2, 0) is 9.59 Å². The summed E-state index contributed by atoms with van der Waals surface area (Å²) in [5.41, 5.74) is 0.534. The number of halogens is 1. The minimum atomic E-state index is -0.910. The van der Waals surface area contributed by atoms with Crippen LogP contribution in [0.5, 0.6) is 0 Å². The van der Waals surface area contributed by atoms with E-state index in [1.54, 1.807) is 6.07 Å². The second-order valence-electron chi connectivity index (χ2n) is 8.40. The topological polar surface area (TPSA) is 91.7 Å². The van der Waals surface area contributed by atoms with Gasteiger partial charge in [0.15, 0.2) is 5.76 Å². The van der Waals surface area contributed by atoms with Crippen LogP contribution in [0.3, 0.4) is 0 Å². The lowest BCUT2D eigenvalue weighted by atomic mass is 9.94. The van der Waals surface area contributed by atoms with E-state index in [2.05, 4.69) is 10.6 Å². The molecule has 0 bridgehead atoms. The molecule has 0 aliphatic heterocycles. The smallest absolute Gasteiger partial charge is 0.287 e. The van der Waals surface area contributed by atoms with Gasteiger partial charge in [0.05, 0.1) is 12.8 Å². The maximum Gasteiger partial charge on any atom is 0.287 e. The first kappa shape index (κ1) is 24.5. The number of nitrogens with one attached hydrogen (secondary N) is 2. The van der Waals surface area contributed by atoms with Crippen molar-refractivity contribution in [2.24, 2.45) is 0 Å². The molecule has 0 spiro atoms. The molecule has 33 heavy (non-hydrogen) atoms. The standard InChI is InChI=1S/C25H32FN3O4/c1-2-3-15-29(22(30)17-27-24(31)21-10-7-16-33-21)23(18-11-13-19(26)14-12-18)25(32)28-20-8-5-4-6-9-20/h7,10-14,16,20,23H,2-6,8-9,15,17H2,1H3,(H,27,31)(H,28,32)/t23-/m0/s1. The van der Waals surface area contributed by atoms with Crippen LogP contribution in [0.4, 0.5) is 4.39 Å². The van der Waals surface area contributed by atoms with E-state index in [0.717, 1.165) is 38.5 Å². The number of nitrogens with zero attached hydrogens (tertiary/aromatic N) is 1. The zero-order chi connectivity index (χ0) is 23.6. The van der Waals surface area contributed by atoms with E-state index in [4.69, 9.17) is 4.42 Å². The predicted octanol–water partition coefficient (Wildman–Crippen LogP) is 3.97. The summed E-state index contributed by atoms with van der Waals surface area (Å²) < 4.78 is 18.7. The minimum absolute atomic E-state index is 0.0657. The maximum absolute atomic E-state index is 13.6. The van der Waals surface area contributed by atoms with Crippen LogP contribution in [-0.4, -0.2) is 41.8 Å². The molecule has 178 valence electrons. The first-order chi connectivity index (χ1) is 16.0. The van der Waals surface area contributed by atoms with Crippen molar-refractivity contribution in [1.82, 2.24) is 15.5 Å². The fourth-order valence-corrected chi connectivity index (χ4v) is 4.12. The quantitative estimate of drug-likeness (QED) is 0.565. The molecule has 1 aromatic carbocycles. The molecule has 2 N–H and O–H groups in total. The van der Waals surface area contributed by atoms with Gasteiger partial charge in [-0.3, -0.25) is 14.4 Å². The molecule has 1 aliphatic rings. The fraction of sp³-hybridized carbons (Fsp3) is 0.480. The SMILES string of the molecule is CCCCN(C(=O)CNC(=O)c1ccco1)[C@H](C(=O)NC1CCCCC1)c1ccc(F)cc1. The Bertz CT molecular complexity index is 908. The summed E-state index contributed by atoms with van der Waals surface area (Å²) >= 11 is 0. The lowest BCUT2D eigenvalue weighted by Gasteiger charge is -2.33. The van der Waals surface area contributed by atoms with E-state index in [1.807, 2.05) is 6.92 Å². The van der Waals surface area contributed by atoms with Gasteiger partial charge in [0.25, 0.3) is 5.91 Å². The van der Waals surface area contributed by atoms with Gasteiger partial charge in [0.1, 0.15) is 11.9 Å². The van der Waals surface area contributed by atoms with Gasteiger partial charge >= 0.3 is 0 Å². The summed E-state index contributed by atoms with van der Waals surface area (Å²) in [6, 6.07) is 7.90. The van der Waals surface area contributed by atoms with Crippen molar-refractivity contribution in [3.8, 4) is 0 Å². The van der Waals surface area contributed by atoms with Gasteiger partial charge in [-0.2, -0.15) is 0 Å². The van der Waals surface area contributed by atoms with E-state index < -0.39 is 23.7 Å². The third-order valence-electron chi connectivity index (χ3n) is 5.92. The molecule has 7 nitrogen and oxygen atoms in total. The number of furan rings is 1. The van der Waals surface area contributed by atoms with Crippen LogP contribution in [0, 0.1) is 5.82 Å². The maximum atomic E-state index is 13.6. The molecule has 3 rings (SSSR count). The second kappa shape index (κ2) is 12.2. The average molecular weight is 458 g/mol. The van der Waals surface area contributed by atoms with Crippen molar-refractivity contribution in [2.45, 2.75) is 64.0 Å². The molecular weight excluding hydrogens is 425 g/mol. The summed E-state index contributed by atoms with van der Waals surface area (Å²) in [7, 11) is 0. The van der Waals surface area contributed by atoms with Crippen LogP contribution in [0.15, 0.2) is 47.1 Å². The first-order valence-electron chi connectivity index (χ1n) is 11.7. The Morgan fingerprint density at radius 3 is 2.48 bits per heavy atom. The van der Waals surface area contributed by atoms with Crippen molar-refractivity contribution in [3.05, 3.63) is 59.8 Å². The van der Waals surface area contributed by atoms with Crippen molar-refractivity contribution in [3.63, 3.8) is 0 Å². The minimum Gasteiger partial charge on any atom is -0.459 e. The second-order valence-corrected chi connectivity index (χ2v) is 8.40. The Balaban J connectivity index is 1.81. The van der Waals surface area contributed by atoms with E-state index in [9.17, 15) is 18.8 Å². The van der Waals surface area contributed by atoms with Crippen molar-refractivity contribution < 1.29 is 23.2 Å². The normalized spacial score (nSPS) is 15.0. The molecule has 2 aromatic rings. The summed E-state index contributed by atoms with van der Waals surface area (Å²) in [4.78, 5) is 40.4. The number of benzene rings is 1. The molecule has 1 aliphatic carbocycles. The zero-order valence-corrected chi connectivity index (χ0v) is 19.0. The average Bonchev–Trinajstić information content (AvgIpc) is 3.36. The van der Waals surface area contributed by atoms with Crippen LogP contribution >= 0.6 is 0 Å². The highest BCUT2D eigenvalue weighted by Gasteiger charge is 2.32. The third-order valence-corrected chi connectivity index (χ3v) is 5.92. The van der Waals surface area contributed by atoms with Gasteiger partial charge in [-0.1, -0.05) is 44.7 Å². The molecule has 0 radical (unpaired) electrons. The van der Waals surface area contributed by atoms with Gasteiger partial charge in [-0.05, 0) is 49.1 Å². The Labute approximate surface area is 193 Å². The highest BCUT2D eigenvalue weighted by atomic mass is 19.1. The van der Waals surface area contributed by atoms with Crippen molar-refractivity contribution in [1.29, 1.82) is 0 Å². The monoisotopic (exact) mass is 457 g/mol. The number of carbonyl (C=O) groups is 3. The molecule has 1 aromatic heterocycles. The molecule has 1 atom stereocenters. The van der Waals surface area contributed by atoms with E-state index in [-0.39, 0.29) is 24.3 Å². The molecule has 1 fully saturated rings. The Morgan fingerprint density at radius 1 is 1.12 bits per heavy atom. The van der Waals surface area contributed by atoms with Crippen molar-refractivity contribution in [2.75, 3.05) is 13.1 Å². The van der Waals surface area contributed by atoms with Crippen molar-refractivity contribution >= 4 is 17.7 Å². The predicted molar refractivity (Wildman–Crippen MR) is 122 cm³/mol. The van der Waals surface area contributed by atoms with Crippen LogP contribution in [0.25, 0.3) is 0 Å². The number of carbonyl (C=O) groups excluding carboxylic acids is 3. The molecule has 0 unspecified atom stereocenters. The lowest BCUT2D eigenvalue weighted by Crippen LogP contribution is -2.49. The summed E-state index contributed by atoms with van der Waals surface area (Å²) in [5.74, 6) is -1.49. The van der Waals surface area contributed by atoms with Gasteiger partial charge in [-0.25, -0.2) is 4.39 Å². The largest absolute Gasteiger partial charge is 0.459 e. The Kier molecular flexibility index (Phi) is 9.04. The lowest BCUT2D eigenvalue weighted by molar-refractivity contribution is -0.140. The highest BCUT2D eigenvalue weighted by Crippen LogP contribution is 2.25. The summed E-state index contributed by atoms with van der Waals surface area (Å²) in [5, 5.41) is 5.66. The van der Waals surface area contributed by atoms with Crippen LogP contribution < -0.4 is 10.6 Å².